The van der Waals surface area contributed by atoms with Crippen LogP contribution in [-0.4, -0.2) is 37.0 Å². The van der Waals surface area contributed by atoms with Crippen LogP contribution in [0.1, 0.15) is 10.4 Å². The van der Waals surface area contributed by atoms with Gasteiger partial charge in [-0.3, -0.25) is 4.55 Å². The van der Waals surface area contributed by atoms with Crippen LogP contribution in [0.2, 0.25) is 5.02 Å². The van der Waals surface area contributed by atoms with E-state index in [1.165, 1.54) is 18.2 Å². The Kier molecular flexibility index (Phi) is 5.86. The van der Waals surface area contributed by atoms with Crippen molar-refractivity contribution in [2.24, 2.45) is 0 Å². The number of carbonyl (C=O) groups excluding carboxylic acids is 1. The number of benzene rings is 1. The molecule has 5 nitrogen and oxygen atoms in total. The van der Waals surface area contributed by atoms with Gasteiger partial charge in [0.2, 0.25) is 6.10 Å². The average Bonchev–Trinajstić information content (AvgIpc) is 2.28. The van der Waals surface area contributed by atoms with Gasteiger partial charge >= 0.3 is 12.1 Å². The van der Waals surface area contributed by atoms with Crippen LogP contribution in [0.15, 0.2) is 18.2 Å². The molecule has 1 aromatic rings. The summed E-state index contributed by atoms with van der Waals surface area (Å²) in [5.74, 6) is -3.23. The van der Waals surface area contributed by atoms with Crippen LogP contribution in [-0.2, 0) is 14.9 Å². The highest BCUT2D eigenvalue weighted by molar-refractivity contribution is 14.1. The Balaban J connectivity index is 3.03. The molecule has 0 heterocycles. The highest BCUT2D eigenvalue weighted by atomic mass is 127. The molecule has 0 aromatic heterocycles. The third kappa shape index (κ3) is 5.96. The lowest BCUT2D eigenvalue weighted by Gasteiger charge is -2.19. The summed E-state index contributed by atoms with van der Waals surface area (Å²) in [6.07, 6.45) is -8.14. The summed E-state index contributed by atoms with van der Waals surface area (Å²) in [7, 11) is -4.98. The number of esters is 1. The lowest BCUT2D eigenvalue weighted by molar-refractivity contribution is -0.197. The number of ether oxygens (including phenoxy) is 1. The standard InChI is InChI=1S/C10H7ClF3IO5S/c11-7-2-1-5(15)3-6(7)9(16)20-8(10(12,13)14)4-21(17,18)19/h1-3,8H,4H2,(H,17,18,19). The Hall–Kier alpha value is -0.590. The zero-order valence-electron chi connectivity index (χ0n) is 9.89. The molecule has 1 N–H and O–H groups in total. The van der Waals surface area contributed by atoms with Crippen LogP contribution in [0.5, 0.6) is 0 Å². The first kappa shape index (κ1) is 18.5. The van der Waals surface area contributed by atoms with E-state index in [1.807, 2.05) is 0 Å². The largest absolute Gasteiger partial charge is 0.448 e. The molecule has 0 aliphatic carbocycles. The molecular formula is C10H7ClF3IO5S. The van der Waals surface area contributed by atoms with Crippen LogP contribution in [0.3, 0.4) is 0 Å². The summed E-state index contributed by atoms with van der Waals surface area (Å²) in [4.78, 5) is 11.7. The molecule has 0 amide bonds. The van der Waals surface area contributed by atoms with Gasteiger partial charge in [-0.25, -0.2) is 4.79 Å². The lowest BCUT2D eigenvalue weighted by Crippen LogP contribution is -2.39. The second-order valence-electron chi connectivity index (χ2n) is 3.81. The maximum Gasteiger partial charge on any atom is 0.426 e. The number of alkyl halides is 3. The van der Waals surface area contributed by atoms with E-state index >= 15 is 0 Å². The number of carbonyl (C=O) groups is 1. The predicted octanol–water partition coefficient (Wildman–Crippen LogP) is 2.92. The average molecular weight is 459 g/mol. The normalized spacial score (nSPS) is 13.8. The van der Waals surface area contributed by atoms with Crippen LogP contribution >= 0.6 is 34.2 Å². The number of rotatable bonds is 4. The molecule has 1 rings (SSSR count). The van der Waals surface area contributed by atoms with E-state index in [-0.39, 0.29) is 10.6 Å². The third-order valence-corrected chi connectivity index (χ3v) is 3.85. The van der Waals surface area contributed by atoms with Crippen molar-refractivity contribution in [2.45, 2.75) is 12.3 Å². The SMILES string of the molecule is O=C(OC(CS(=O)(=O)O)C(F)(F)F)c1cc(I)ccc1Cl. The number of hydrogen-bond donors (Lipinski definition) is 1. The molecule has 0 spiro atoms. The van der Waals surface area contributed by atoms with Gasteiger partial charge < -0.3 is 4.74 Å². The van der Waals surface area contributed by atoms with Gasteiger partial charge in [0.05, 0.1) is 10.6 Å². The quantitative estimate of drug-likeness (QED) is 0.426. The molecule has 0 fully saturated rings. The highest BCUT2D eigenvalue weighted by Crippen LogP contribution is 2.27. The Morgan fingerprint density at radius 3 is 2.48 bits per heavy atom. The van der Waals surface area contributed by atoms with Crippen molar-refractivity contribution in [1.82, 2.24) is 0 Å². The first-order chi connectivity index (χ1) is 9.40. The minimum Gasteiger partial charge on any atom is -0.448 e. The van der Waals surface area contributed by atoms with Gasteiger partial charge in [-0.1, -0.05) is 11.6 Å². The van der Waals surface area contributed by atoms with Gasteiger partial charge in [-0.15, -0.1) is 0 Å². The van der Waals surface area contributed by atoms with Gasteiger partial charge in [0.1, 0.15) is 5.75 Å². The molecule has 1 aromatic carbocycles. The van der Waals surface area contributed by atoms with E-state index < -0.39 is 34.1 Å². The van der Waals surface area contributed by atoms with E-state index in [4.69, 9.17) is 16.2 Å². The fourth-order valence-corrected chi connectivity index (χ4v) is 2.56. The molecule has 0 saturated heterocycles. The molecule has 21 heavy (non-hydrogen) atoms. The summed E-state index contributed by atoms with van der Waals surface area (Å²) in [5, 5.41) is -0.145. The van der Waals surface area contributed by atoms with Crippen LogP contribution in [0.25, 0.3) is 0 Å². The number of hydrogen-bond acceptors (Lipinski definition) is 4. The van der Waals surface area contributed by atoms with Crippen molar-refractivity contribution in [1.29, 1.82) is 0 Å². The minimum absolute atomic E-state index is 0.145. The van der Waals surface area contributed by atoms with Gasteiger partial charge in [0, 0.05) is 3.57 Å². The van der Waals surface area contributed by atoms with Crippen molar-refractivity contribution >= 4 is 50.3 Å². The van der Waals surface area contributed by atoms with E-state index in [1.54, 1.807) is 22.6 Å². The number of halogens is 5. The van der Waals surface area contributed by atoms with Crippen molar-refractivity contribution in [2.75, 3.05) is 5.75 Å². The zero-order chi connectivity index (χ0) is 16.4. The molecule has 1 unspecified atom stereocenters. The van der Waals surface area contributed by atoms with E-state index in [0.29, 0.717) is 3.57 Å². The second kappa shape index (κ2) is 6.67. The summed E-state index contributed by atoms with van der Waals surface area (Å²) >= 11 is 7.47. The van der Waals surface area contributed by atoms with E-state index in [9.17, 15) is 26.4 Å². The van der Waals surface area contributed by atoms with Gasteiger partial charge in [-0.05, 0) is 40.8 Å². The summed E-state index contributed by atoms with van der Waals surface area (Å²) in [6, 6.07) is 3.98. The monoisotopic (exact) mass is 458 g/mol. The van der Waals surface area contributed by atoms with Crippen LogP contribution < -0.4 is 0 Å². The fraction of sp³-hybridized carbons (Fsp3) is 0.300. The van der Waals surface area contributed by atoms with Crippen molar-refractivity contribution < 1.29 is 35.7 Å². The Morgan fingerprint density at radius 2 is 2.00 bits per heavy atom. The zero-order valence-corrected chi connectivity index (χ0v) is 13.6. The van der Waals surface area contributed by atoms with Crippen molar-refractivity contribution in [3.63, 3.8) is 0 Å². The smallest absolute Gasteiger partial charge is 0.426 e. The molecule has 0 radical (unpaired) electrons. The van der Waals surface area contributed by atoms with Crippen LogP contribution in [0, 0.1) is 3.57 Å². The maximum absolute atomic E-state index is 12.6. The van der Waals surface area contributed by atoms with Crippen molar-refractivity contribution in [3.8, 4) is 0 Å². The van der Waals surface area contributed by atoms with E-state index in [2.05, 4.69) is 4.74 Å². The molecule has 0 bridgehead atoms. The molecule has 118 valence electrons. The Labute approximate surface area is 136 Å². The molecule has 11 heteroatoms. The second-order valence-corrected chi connectivity index (χ2v) is 6.96. The predicted molar refractivity (Wildman–Crippen MR) is 75.8 cm³/mol. The summed E-state index contributed by atoms with van der Waals surface area (Å²) < 4.78 is 72.1. The molecule has 0 aliphatic rings. The Bertz CT molecular complexity index is 647. The molecule has 0 saturated carbocycles. The van der Waals surface area contributed by atoms with Gasteiger partial charge in [-0.2, -0.15) is 21.6 Å². The highest BCUT2D eigenvalue weighted by Gasteiger charge is 2.45. The van der Waals surface area contributed by atoms with Gasteiger partial charge in [0.15, 0.2) is 0 Å². The fourth-order valence-electron chi connectivity index (χ4n) is 1.23. The van der Waals surface area contributed by atoms with Gasteiger partial charge in [0.25, 0.3) is 10.1 Å². The molecular weight excluding hydrogens is 452 g/mol. The first-order valence-corrected chi connectivity index (χ1v) is 8.14. The van der Waals surface area contributed by atoms with Crippen molar-refractivity contribution in [3.05, 3.63) is 32.4 Å². The maximum atomic E-state index is 12.6. The van der Waals surface area contributed by atoms with E-state index in [0.717, 1.165) is 0 Å². The lowest BCUT2D eigenvalue weighted by atomic mass is 10.2. The minimum atomic E-state index is -5.15. The summed E-state index contributed by atoms with van der Waals surface area (Å²) in [5.41, 5.74) is -0.340. The van der Waals surface area contributed by atoms with Crippen LogP contribution in [0.4, 0.5) is 13.2 Å². The molecule has 1 atom stereocenters. The molecule has 0 aliphatic heterocycles. The Morgan fingerprint density at radius 1 is 1.43 bits per heavy atom. The first-order valence-electron chi connectivity index (χ1n) is 5.08. The topological polar surface area (TPSA) is 80.7 Å². The third-order valence-electron chi connectivity index (χ3n) is 2.12. The summed E-state index contributed by atoms with van der Waals surface area (Å²) in [6.45, 7) is 0.